The molecule has 0 aliphatic heterocycles. The number of aliphatic carboxylic acids is 1. The van der Waals surface area contributed by atoms with E-state index in [4.69, 9.17) is 5.11 Å². The predicted octanol–water partition coefficient (Wildman–Crippen LogP) is 2.53. The monoisotopic (exact) mass is 192 g/mol. The van der Waals surface area contributed by atoms with Crippen LogP contribution >= 0.6 is 0 Å². The highest BCUT2D eigenvalue weighted by Crippen LogP contribution is 2.33. The number of halogens is 2. The third-order valence-corrected chi connectivity index (χ3v) is 2.71. The van der Waals surface area contributed by atoms with E-state index in [1.165, 1.54) is 0 Å². The summed E-state index contributed by atoms with van der Waals surface area (Å²) in [5.41, 5.74) is 0. The largest absolute Gasteiger partial charge is 0.481 e. The molecule has 0 saturated heterocycles. The third kappa shape index (κ3) is 2.64. The van der Waals surface area contributed by atoms with Gasteiger partial charge in [-0.2, -0.15) is 0 Å². The molecule has 0 aromatic rings. The molecule has 13 heavy (non-hydrogen) atoms. The maximum absolute atomic E-state index is 12.4. The average molecular weight is 192 g/mol. The maximum Gasteiger partial charge on any atom is 0.312 e. The van der Waals surface area contributed by atoms with Gasteiger partial charge in [0.05, 0.1) is 0 Å². The molecule has 1 unspecified atom stereocenters. The van der Waals surface area contributed by atoms with Crippen LogP contribution in [0.3, 0.4) is 0 Å². The van der Waals surface area contributed by atoms with Gasteiger partial charge >= 0.3 is 5.97 Å². The maximum atomic E-state index is 12.4. The van der Waals surface area contributed by atoms with E-state index >= 15 is 0 Å². The summed E-state index contributed by atoms with van der Waals surface area (Å²) in [5, 5.41) is 8.62. The number of carbonyl (C=O) groups is 1. The summed E-state index contributed by atoms with van der Waals surface area (Å²) in [5.74, 6) is -3.10. The zero-order valence-corrected chi connectivity index (χ0v) is 7.38. The normalized spacial score (nSPS) is 21.8. The second-order valence-electron chi connectivity index (χ2n) is 3.60. The summed E-state index contributed by atoms with van der Waals surface area (Å²) in [6, 6.07) is 0. The van der Waals surface area contributed by atoms with Crippen molar-refractivity contribution in [3.8, 4) is 0 Å². The van der Waals surface area contributed by atoms with Crippen LogP contribution in [-0.2, 0) is 4.79 Å². The Hall–Kier alpha value is -0.670. The lowest BCUT2D eigenvalue weighted by atomic mass is 9.80. The van der Waals surface area contributed by atoms with Crippen LogP contribution in [0.5, 0.6) is 0 Å². The zero-order chi connectivity index (χ0) is 9.84. The standard InChI is InChI=1S/C9H14F2O2/c10-8(11)7(9(12)13)6-4-2-1-3-5-6/h6-8H,1-5H2,(H,12,13). The quantitative estimate of drug-likeness (QED) is 0.746. The van der Waals surface area contributed by atoms with Gasteiger partial charge in [-0.25, -0.2) is 8.78 Å². The fourth-order valence-electron chi connectivity index (χ4n) is 2.01. The first-order valence-electron chi connectivity index (χ1n) is 4.64. The summed E-state index contributed by atoms with van der Waals surface area (Å²) >= 11 is 0. The Morgan fingerprint density at radius 1 is 1.23 bits per heavy atom. The molecule has 1 aliphatic rings. The zero-order valence-electron chi connectivity index (χ0n) is 7.38. The van der Waals surface area contributed by atoms with E-state index in [0.717, 1.165) is 19.3 Å². The molecule has 1 rings (SSSR count). The molecule has 0 heterocycles. The molecule has 0 aromatic heterocycles. The van der Waals surface area contributed by atoms with Crippen molar-refractivity contribution in [3.63, 3.8) is 0 Å². The van der Waals surface area contributed by atoms with Crippen molar-refractivity contribution in [1.29, 1.82) is 0 Å². The van der Waals surface area contributed by atoms with Crippen LogP contribution in [0.1, 0.15) is 32.1 Å². The molecule has 1 saturated carbocycles. The molecule has 0 bridgehead atoms. The lowest BCUT2D eigenvalue weighted by Crippen LogP contribution is -2.31. The number of hydrogen-bond donors (Lipinski definition) is 1. The summed E-state index contributed by atoms with van der Waals surface area (Å²) in [6.07, 6.45) is 1.39. The van der Waals surface area contributed by atoms with Crippen molar-refractivity contribution < 1.29 is 18.7 Å². The molecule has 1 fully saturated rings. The average Bonchev–Trinajstić information content (AvgIpc) is 2.04. The van der Waals surface area contributed by atoms with Crippen molar-refractivity contribution >= 4 is 5.97 Å². The van der Waals surface area contributed by atoms with E-state index in [1.807, 2.05) is 0 Å². The first kappa shape index (κ1) is 10.4. The van der Waals surface area contributed by atoms with Crippen LogP contribution in [0.25, 0.3) is 0 Å². The molecule has 2 nitrogen and oxygen atoms in total. The highest BCUT2D eigenvalue weighted by Gasteiger charge is 2.36. The third-order valence-electron chi connectivity index (χ3n) is 2.71. The van der Waals surface area contributed by atoms with E-state index in [2.05, 4.69) is 0 Å². The Kier molecular flexibility index (Phi) is 3.63. The van der Waals surface area contributed by atoms with Crippen LogP contribution in [0.4, 0.5) is 8.78 Å². The van der Waals surface area contributed by atoms with Crippen molar-refractivity contribution in [2.45, 2.75) is 38.5 Å². The topological polar surface area (TPSA) is 37.3 Å². The summed E-state index contributed by atoms with van der Waals surface area (Å²) in [4.78, 5) is 10.6. The van der Waals surface area contributed by atoms with Gasteiger partial charge in [-0.15, -0.1) is 0 Å². The minimum Gasteiger partial charge on any atom is -0.481 e. The number of hydrogen-bond acceptors (Lipinski definition) is 1. The van der Waals surface area contributed by atoms with E-state index in [0.29, 0.717) is 12.8 Å². The molecule has 1 aliphatic carbocycles. The van der Waals surface area contributed by atoms with Gasteiger partial charge < -0.3 is 5.11 Å². The lowest BCUT2D eigenvalue weighted by Gasteiger charge is -2.26. The first-order valence-corrected chi connectivity index (χ1v) is 4.64. The lowest BCUT2D eigenvalue weighted by molar-refractivity contribution is -0.151. The van der Waals surface area contributed by atoms with Gasteiger partial charge in [0.25, 0.3) is 6.43 Å². The van der Waals surface area contributed by atoms with E-state index in [-0.39, 0.29) is 5.92 Å². The van der Waals surface area contributed by atoms with Gasteiger partial charge in [0.15, 0.2) is 0 Å². The van der Waals surface area contributed by atoms with Gasteiger partial charge in [-0.1, -0.05) is 19.3 Å². The van der Waals surface area contributed by atoms with Crippen molar-refractivity contribution in [2.24, 2.45) is 11.8 Å². The summed E-state index contributed by atoms with van der Waals surface area (Å²) in [6.45, 7) is 0. The molecular formula is C9H14F2O2. The predicted molar refractivity (Wildman–Crippen MR) is 43.7 cm³/mol. The Balaban J connectivity index is 2.57. The Morgan fingerprint density at radius 3 is 2.15 bits per heavy atom. The number of carboxylic acids is 1. The molecule has 0 amide bonds. The number of alkyl halides is 2. The molecule has 4 heteroatoms. The van der Waals surface area contributed by atoms with Gasteiger partial charge in [0, 0.05) is 0 Å². The Morgan fingerprint density at radius 2 is 1.77 bits per heavy atom. The molecule has 0 spiro atoms. The minimum absolute atomic E-state index is 0.314. The minimum atomic E-state index is -2.72. The van der Waals surface area contributed by atoms with Crippen LogP contribution in [0.15, 0.2) is 0 Å². The van der Waals surface area contributed by atoms with Gasteiger partial charge in [-0.05, 0) is 18.8 Å². The summed E-state index contributed by atoms with van der Waals surface area (Å²) in [7, 11) is 0. The van der Waals surface area contributed by atoms with Crippen LogP contribution in [0, 0.1) is 11.8 Å². The molecule has 0 radical (unpaired) electrons. The molecule has 1 atom stereocenters. The molecule has 0 aromatic carbocycles. The van der Waals surface area contributed by atoms with Crippen molar-refractivity contribution in [2.75, 3.05) is 0 Å². The number of carboxylic acid groups (broad SMARTS) is 1. The molecule has 76 valence electrons. The van der Waals surface area contributed by atoms with E-state index in [9.17, 15) is 13.6 Å². The van der Waals surface area contributed by atoms with Gasteiger partial charge in [0.2, 0.25) is 0 Å². The van der Waals surface area contributed by atoms with E-state index < -0.39 is 18.3 Å². The Bertz CT molecular complexity index is 176. The van der Waals surface area contributed by atoms with Crippen molar-refractivity contribution in [3.05, 3.63) is 0 Å². The number of rotatable bonds is 3. The van der Waals surface area contributed by atoms with Gasteiger partial charge in [-0.3, -0.25) is 4.79 Å². The highest BCUT2D eigenvalue weighted by atomic mass is 19.3. The summed E-state index contributed by atoms with van der Waals surface area (Å²) < 4.78 is 24.7. The van der Waals surface area contributed by atoms with Crippen LogP contribution in [-0.4, -0.2) is 17.5 Å². The van der Waals surface area contributed by atoms with Crippen LogP contribution < -0.4 is 0 Å². The molecule has 1 N–H and O–H groups in total. The van der Waals surface area contributed by atoms with Gasteiger partial charge in [0.1, 0.15) is 5.92 Å². The Labute approximate surface area is 75.9 Å². The fraction of sp³-hybridized carbons (Fsp3) is 0.889. The van der Waals surface area contributed by atoms with Crippen molar-refractivity contribution in [1.82, 2.24) is 0 Å². The highest BCUT2D eigenvalue weighted by molar-refractivity contribution is 5.70. The fourth-order valence-corrected chi connectivity index (χ4v) is 2.01. The second kappa shape index (κ2) is 4.53. The van der Waals surface area contributed by atoms with Crippen LogP contribution in [0.2, 0.25) is 0 Å². The first-order chi connectivity index (χ1) is 6.13. The smallest absolute Gasteiger partial charge is 0.312 e. The second-order valence-corrected chi connectivity index (χ2v) is 3.60. The van der Waals surface area contributed by atoms with E-state index in [1.54, 1.807) is 0 Å². The SMILES string of the molecule is O=C(O)C(C(F)F)C1CCCCC1. The molecular weight excluding hydrogens is 178 g/mol.